The molecular weight excluding hydrogens is 402 g/mol. The Kier molecular flexibility index (Phi) is 7.73. The fourth-order valence-electron chi connectivity index (χ4n) is 2.56. The molecule has 0 amide bonds. The number of esters is 2. The van der Waals surface area contributed by atoms with E-state index in [4.69, 9.17) is 26.4 Å². The Bertz CT molecular complexity index is 857. The van der Waals surface area contributed by atoms with Crippen molar-refractivity contribution in [3.63, 3.8) is 0 Å². The molecule has 1 saturated heterocycles. The number of allylic oxidation sites excluding steroid dienone is 4. The van der Waals surface area contributed by atoms with Crippen LogP contribution in [0.4, 0.5) is 0 Å². The molecule has 1 aliphatic rings. The van der Waals surface area contributed by atoms with Crippen LogP contribution in [0.5, 0.6) is 5.88 Å². The molecule has 0 bridgehead atoms. The lowest BCUT2D eigenvalue weighted by molar-refractivity contribution is -0.230. The van der Waals surface area contributed by atoms with Gasteiger partial charge in [-0.25, -0.2) is 9.59 Å². The largest absolute Gasteiger partial charge is 0.493 e. The molecule has 1 N–H and O–H groups in total. The molecule has 1 fully saturated rings. The van der Waals surface area contributed by atoms with Gasteiger partial charge in [0.05, 0.1) is 18.0 Å². The van der Waals surface area contributed by atoms with Crippen molar-refractivity contribution in [1.82, 2.24) is 4.57 Å². The zero-order valence-corrected chi connectivity index (χ0v) is 17.6. The Morgan fingerprint density at radius 2 is 1.93 bits per heavy atom. The number of nitrogens with zero attached hydrogens (tertiary/aromatic N) is 1. The summed E-state index contributed by atoms with van der Waals surface area (Å²) in [5.41, 5.74) is -0.164. The van der Waals surface area contributed by atoms with E-state index in [-0.39, 0.29) is 11.5 Å². The van der Waals surface area contributed by atoms with Crippen LogP contribution in [-0.4, -0.2) is 41.1 Å². The highest BCUT2D eigenvalue weighted by atomic mass is 32.1. The molecule has 7 nitrogen and oxygen atoms in total. The van der Waals surface area contributed by atoms with Crippen LogP contribution in [0, 0.1) is 3.95 Å². The Balaban J connectivity index is 2.04. The minimum atomic E-state index is -1.21. The van der Waals surface area contributed by atoms with Crippen LogP contribution in [0.1, 0.15) is 31.6 Å². The molecule has 1 aliphatic heterocycles. The molecule has 152 valence electrons. The summed E-state index contributed by atoms with van der Waals surface area (Å²) in [6.45, 7) is 4.39. The van der Waals surface area contributed by atoms with Gasteiger partial charge in [-0.15, -0.1) is 11.3 Å². The average molecular weight is 426 g/mol. The van der Waals surface area contributed by atoms with Crippen LogP contribution >= 0.6 is 23.6 Å². The topological polar surface area (TPSA) is 87.0 Å². The minimum absolute atomic E-state index is 0.0738. The van der Waals surface area contributed by atoms with E-state index in [1.165, 1.54) is 23.5 Å². The van der Waals surface area contributed by atoms with Gasteiger partial charge in [-0.1, -0.05) is 25.2 Å². The number of aromatic nitrogens is 1. The number of thiazole rings is 1. The summed E-state index contributed by atoms with van der Waals surface area (Å²) in [4.78, 5) is 24.7. The number of hydrogen-bond donors (Lipinski definition) is 1. The second-order valence-electron chi connectivity index (χ2n) is 6.19. The first-order valence-corrected chi connectivity index (χ1v) is 9.97. The summed E-state index contributed by atoms with van der Waals surface area (Å²) >= 11 is 6.50. The molecule has 0 atom stereocenters. The highest BCUT2D eigenvalue weighted by molar-refractivity contribution is 7.73. The van der Waals surface area contributed by atoms with E-state index in [0.717, 1.165) is 0 Å². The molecule has 1 aromatic heterocycles. The maximum atomic E-state index is 12.1. The molecule has 0 unspecified atom stereocenters. The second-order valence-corrected chi connectivity index (χ2v) is 7.86. The van der Waals surface area contributed by atoms with Crippen molar-refractivity contribution in [3.05, 3.63) is 38.7 Å². The average Bonchev–Trinajstić information content (AvgIpc) is 2.88. The highest BCUT2D eigenvalue weighted by Gasteiger charge is 2.41. The third-order valence-corrected chi connectivity index (χ3v) is 5.31. The second kappa shape index (κ2) is 9.81. The molecule has 0 radical (unpaired) electrons. The number of cyclic esters (lactones) is 2. The lowest BCUT2D eigenvalue weighted by atomic mass is 10.1. The van der Waals surface area contributed by atoms with E-state index in [2.05, 4.69) is 0 Å². The van der Waals surface area contributed by atoms with Crippen LogP contribution in [-0.2, 0) is 30.3 Å². The van der Waals surface area contributed by atoms with Gasteiger partial charge < -0.3 is 19.3 Å². The Morgan fingerprint density at radius 3 is 2.54 bits per heavy atom. The van der Waals surface area contributed by atoms with Gasteiger partial charge in [0.1, 0.15) is 5.57 Å². The summed E-state index contributed by atoms with van der Waals surface area (Å²) < 4.78 is 17.6. The van der Waals surface area contributed by atoms with Crippen molar-refractivity contribution >= 4 is 41.6 Å². The molecule has 2 heterocycles. The van der Waals surface area contributed by atoms with E-state index >= 15 is 0 Å². The molecule has 9 heteroatoms. The lowest BCUT2D eigenvalue weighted by Gasteiger charge is -2.32. The van der Waals surface area contributed by atoms with Gasteiger partial charge >= 0.3 is 11.9 Å². The van der Waals surface area contributed by atoms with E-state index < -0.39 is 17.7 Å². The fraction of sp³-hybridized carbons (Fsp3) is 0.421. The fourth-order valence-corrected chi connectivity index (χ4v) is 3.83. The molecular formula is C19H23NO6S2. The third-order valence-electron chi connectivity index (χ3n) is 3.91. The predicted molar refractivity (Wildman–Crippen MR) is 108 cm³/mol. The number of hydrogen-bond acceptors (Lipinski definition) is 8. The normalized spacial score (nSPS) is 20.0. The van der Waals surface area contributed by atoms with E-state index in [0.29, 0.717) is 34.8 Å². The van der Waals surface area contributed by atoms with Crippen molar-refractivity contribution < 1.29 is 28.9 Å². The summed E-state index contributed by atoms with van der Waals surface area (Å²) in [5.74, 6) is -2.54. The number of carbonyl (C=O) groups is 2. The van der Waals surface area contributed by atoms with Crippen molar-refractivity contribution in [1.29, 1.82) is 0 Å². The summed E-state index contributed by atoms with van der Waals surface area (Å²) in [7, 11) is 1.58. The van der Waals surface area contributed by atoms with E-state index in [1.807, 2.05) is 6.92 Å². The quantitative estimate of drug-likeness (QED) is 0.223. The van der Waals surface area contributed by atoms with Gasteiger partial charge in [0.15, 0.2) is 3.95 Å². The number of aromatic hydroxyl groups is 1. The van der Waals surface area contributed by atoms with Gasteiger partial charge in [-0.05, 0) is 30.8 Å². The number of carbonyl (C=O) groups excluding carboxylic acids is 2. The van der Waals surface area contributed by atoms with E-state index in [1.54, 1.807) is 36.8 Å². The lowest BCUT2D eigenvalue weighted by Crippen LogP contribution is -2.44. The summed E-state index contributed by atoms with van der Waals surface area (Å²) in [6, 6.07) is 0. The minimum Gasteiger partial charge on any atom is -0.493 e. The predicted octanol–water partition coefficient (Wildman–Crippen LogP) is 3.74. The Morgan fingerprint density at radius 1 is 1.25 bits per heavy atom. The number of ether oxygens (including phenoxy) is 3. The van der Waals surface area contributed by atoms with Gasteiger partial charge in [0.2, 0.25) is 5.88 Å². The van der Waals surface area contributed by atoms with Crippen LogP contribution in [0.15, 0.2) is 29.9 Å². The number of methoxy groups -OCH3 is 1. The molecule has 1 aromatic rings. The molecule has 2 rings (SSSR count). The molecule has 28 heavy (non-hydrogen) atoms. The standard InChI is InChI=1S/C19H23NO6S2/c1-4-10-19(2)25-16(22)13(17(23)26-19)8-6-5-7-9-14-15(21)20(11-12-24-3)18(27)28-14/h5-9,21H,4,10-12H2,1-3H3. The van der Waals surface area contributed by atoms with Gasteiger partial charge in [0.25, 0.3) is 5.79 Å². The number of rotatable bonds is 8. The van der Waals surface area contributed by atoms with Gasteiger partial charge in [-0.2, -0.15) is 0 Å². The molecule has 0 spiro atoms. The monoisotopic (exact) mass is 425 g/mol. The SMILES string of the molecule is CCCC1(C)OC(=O)C(=CC=CC=Cc2sc(=S)n(CCOC)c2O)C(=O)O1. The first-order chi connectivity index (χ1) is 13.3. The molecule has 0 saturated carbocycles. The summed E-state index contributed by atoms with van der Waals surface area (Å²) in [6.07, 6.45) is 8.99. The van der Waals surface area contributed by atoms with Crippen molar-refractivity contribution in [3.8, 4) is 5.88 Å². The van der Waals surface area contributed by atoms with Crippen LogP contribution in [0.3, 0.4) is 0 Å². The van der Waals surface area contributed by atoms with Crippen LogP contribution in [0.25, 0.3) is 6.08 Å². The van der Waals surface area contributed by atoms with Gasteiger partial charge in [-0.3, -0.25) is 4.57 Å². The van der Waals surface area contributed by atoms with Crippen LogP contribution in [0.2, 0.25) is 0 Å². The third kappa shape index (κ3) is 5.40. The van der Waals surface area contributed by atoms with Crippen molar-refractivity contribution in [2.45, 2.75) is 39.0 Å². The van der Waals surface area contributed by atoms with Crippen LogP contribution < -0.4 is 0 Å². The molecule has 0 aromatic carbocycles. The maximum absolute atomic E-state index is 12.1. The maximum Gasteiger partial charge on any atom is 0.348 e. The zero-order valence-electron chi connectivity index (χ0n) is 16.0. The Labute approximate surface area is 172 Å². The molecule has 0 aliphatic carbocycles. The zero-order chi connectivity index (χ0) is 20.7. The smallest absolute Gasteiger partial charge is 0.348 e. The van der Waals surface area contributed by atoms with Crippen molar-refractivity contribution in [2.75, 3.05) is 13.7 Å². The van der Waals surface area contributed by atoms with E-state index in [9.17, 15) is 14.7 Å². The first kappa shape index (κ1) is 22.1. The van der Waals surface area contributed by atoms with Crippen molar-refractivity contribution in [2.24, 2.45) is 0 Å². The summed E-state index contributed by atoms with van der Waals surface area (Å²) in [5, 5.41) is 10.2. The first-order valence-electron chi connectivity index (χ1n) is 8.74. The highest BCUT2D eigenvalue weighted by Crippen LogP contribution is 2.28. The van der Waals surface area contributed by atoms with Gasteiger partial charge in [0, 0.05) is 20.5 Å². The Hall–Kier alpha value is -2.23.